The van der Waals surface area contributed by atoms with Gasteiger partial charge in [-0.2, -0.15) is 0 Å². The van der Waals surface area contributed by atoms with Gasteiger partial charge < -0.3 is 15.2 Å². The highest BCUT2D eigenvalue weighted by Gasteiger charge is 2.24. The second-order valence-corrected chi connectivity index (χ2v) is 5.50. The highest BCUT2D eigenvalue weighted by atomic mass is 16.6. The molecule has 0 aliphatic heterocycles. The molecular weight excluding hydrogens is 246 g/mol. The van der Waals surface area contributed by atoms with Gasteiger partial charge in [-0.25, -0.2) is 9.59 Å². The van der Waals surface area contributed by atoms with Crippen LogP contribution in [0.4, 0.5) is 4.79 Å². The SMILES string of the molecule is CC(C)(C)OC(=O)NC(CC1=CCCC=C1)C(=O)O. The number of amides is 1. The molecule has 5 nitrogen and oxygen atoms in total. The molecule has 0 spiro atoms. The van der Waals surface area contributed by atoms with Gasteiger partial charge in [0, 0.05) is 6.42 Å². The van der Waals surface area contributed by atoms with Crippen molar-refractivity contribution in [1.82, 2.24) is 5.32 Å². The number of rotatable bonds is 4. The van der Waals surface area contributed by atoms with Crippen molar-refractivity contribution in [2.24, 2.45) is 0 Å². The summed E-state index contributed by atoms with van der Waals surface area (Å²) in [6.45, 7) is 5.19. The Hall–Kier alpha value is -1.78. The van der Waals surface area contributed by atoms with Crippen LogP contribution in [0.1, 0.15) is 40.0 Å². The number of allylic oxidation sites excluding steroid dienone is 3. The summed E-state index contributed by atoms with van der Waals surface area (Å²) in [5.41, 5.74) is 0.284. The zero-order valence-corrected chi connectivity index (χ0v) is 11.6. The summed E-state index contributed by atoms with van der Waals surface area (Å²) in [7, 11) is 0. The van der Waals surface area contributed by atoms with E-state index >= 15 is 0 Å². The summed E-state index contributed by atoms with van der Waals surface area (Å²) in [5.74, 6) is -1.06. The number of hydrogen-bond acceptors (Lipinski definition) is 3. The predicted octanol–water partition coefficient (Wildman–Crippen LogP) is 2.63. The summed E-state index contributed by atoms with van der Waals surface area (Å²) >= 11 is 0. The average molecular weight is 267 g/mol. The highest BCUT2D eigenvalue weighted by Crippen LogP contribution is 2.15. The van der Waals surface area contributed by atoms with Crippen molar-refractivity contribution in [3.8, 4) is 0 Å². The van der Waals surface area contributed by atoms with E-state index in [9.17, 15) is 9.59 Å². The van der Waals surface area contributed by atoms with Crippen LogP contribution in [0.2, 0.25) is 0 Å². The third-order valence-corrected chi connectivity index (χ3v) is 2.50. The lowest BCUT2D eigenvalue weighted by molar-refractivity contribution is -0.139. The van der Waals surface area contributed by atoms with Crippen LogP contribution >= 0.6 is 0 Å². The van der Waals surface area contributed by atoms with Gasteiger partial charge in [0.2, 0.25) is 0 Å². The molecule has 5 heteroatoms. The van der Waals surface area contributed by atoms with Crippen LogP contribution in [-0.2, 0) is 9.53 Å². The van der Waals surface area contributed by atoms with E-state index in [2.05, 4.69) is 5.32 Å². The van der Waals surface area contributed by atoms with E-state index in [0.29, 0.717) is 0 Å². The number of ether oxygens (including phenoxy) is 1. The maximum atomic E-state index is 11.6. The maximum absolute atomic E-state index is 11.6. The number of alkyl carbamates (subject to hydrolysis) is 1. The third kappa shape index (κ3) is 6.08. The predicted molar refractivity (Wildman–Crippen MR) is 71.9 cm³/mol. The minimum Gasteiger partial charge on any atom is -0.480 e. The molecule has 1 unspecified atom stereocenters. The van der Waals surface area contributed by atoms with Gasteiger partial charge in [0.1, 0.15) is 11.6 Å². The summed E-state index contributed by atoms with van der Waals surface area (Å²) in [6.07, 6.45) is 7.33. The monoisotopic (exact) mass is 267 g/mol. The van der Waals surface area contributed by atoms with Crippen LogP contribution in [0.5, 0.6) is 0 Å². The van der Waals surface area contributed by atoms with E-state index in [-0.39, 0.29) is 6.42 Å². The second kappa shape index (κ2) is 6.41. The van der Waals surface area contributed by atoms with Crippen LogP contribution < -0.4 is 5.32 Å². The molecular formula is C14H21NO4. The Bertz CT molecular complexity index is 404. The van der Waals surface area contributed by atoms with Crippen molar-refractivity contribution in [3.63, 3.8) is 0 Å². The average Bonchev–Trinajstić information content (AvgIpc) is 2.26. The van der Waals surface area contributed by atoms with Crippen LogP contribution in [0.15, 0.2) is 23.8 Å². The molecule has 0 radical (unpaired) electrons. The van der Waals surface area contributed by atoms with Gasteiger partial charge in [-0.1, -0.05) is 18.2 Å². The summed E-state index contributed by atoms with van der Waals surface area (Å²) in [5, 5.41) is 11.5. The molecule has 1 rings (SSSR count). The number of carbonyl (C=O) groups is 2. The Balaban J connectivity index is 2.58. The number of carboxylic acids is 1. The van der Waals surface area contributed by atoms with E-state index in [4.69, 9.17) is 9.84 Å². The van der Waals surface area contributed by atoms with Gasteiger partial charge >= 0.3 is 12.1 Å². The topological polar surface area (TPSA) is 75.6 Å². The molecule has 0 saturated carbocycles. The third-order valence-electron chi connectivity index (χ3n) is 2.50. The van der Waals surface area contributed by atoms with E-state index in [0.717, 1.165) is 18.4 Å². The lowest BCUT2D eigenvalue weighted by atomic mass is 10.0. The molecule has 1 aliphatic rings. The second-order valence-electron chi connectivity index (χ2n) is 5.50. The molecule has 2 N–H and O–H groups in total. The molecule has 0 bridgehead atoms. The molecule has 0 heterocycles. The smallest absolute Gasteiger partial charge is 0.408 e. The summed E-state index contributed by atoms with van der Waals surface area (Å²) in [6, 6.07) is -0.969. The highest BCUT2D eigenvalue weighted by molar-refractivity contribution is 5.80. The number of hydrogen-bond donors (Lipinski definition) is 2. The fourth-order valence-electron chi connectivity index (χ4n) is 1.70. The van der Waals surface area contributed by atoms with Crippen LogP contribution in [-0.4, -0.2) is 28.8 Å². The summed E-state index contributed by atoms with van der Waals surface area (Å²) < 4.78 is 5.06. The lowest BCUT2D eigenvalue weighted by Gasteiger charge is -2.22. The van der Waals surface area contributed by atoms with E-state index in [1.54, 1.807) is 20.8 Å². The molecule has 0 aromatic rings. The Morgan fingerprint density at radius 2 is 2.11 bits per heavy atom. The molecule has 0 saturated heterocycles. The molecule has 106 valence electrons. The minimum absolute atomic E-state index is 0.269. The first-order valence-corrected chi connectivity index (χ1v) is 6.36. The van der Waals surface area contributed by atoms with E-state index in [1.807, 2.05) is 18.2 Å². The van der Waals surface area contributed by atoms with Gasteiger partial charge in [-0.05, 0) is 39.2 Å². The van der Waals surface area contributed by atoms with Crippen LogP contribution in [0, 0.1) is 0 Å². The normalized spacial score (nSPS) is 16.5. The maximum Gasteiger partial charge on any atom is 0.408 e. The molecule has 0 aromatic heterocycles. The van der Waals surface area contributed by atoms with Gasteiger partial charge in [0.05, 0.1) is 0 Å². The van der Waals surface area contributed by atoms with Crippen molar-refractivity contribution >= 4 is 12.1 Å². The first-order chi connectivity index (χ1) is 8.78. The van der Waals surface area contributed by atoms with Crippen molar-refractivity contribution in [2.45, 2.75) is 51.7 Å². The van der Waals surface area contributed by atoms with Crippen molar-refractivity contribution in [1.29, 1.82) is 0 Å². The molecule has 1 amide bonds. The van der Waals surface area contributed by atoms with Gasteiger partial charge in [0.25, 0.3) is 0 Å². The zero-order valence-electron chi connectivity index (χ0n) is 11.6. The molecule has 1 atom stereocenters. The standard InChI is InChI=1S/C14H21NO4/c1-14(2,3)19-13(18)15-11(12(16)17)9-10-7-5-4-6-8-10/h5,7-8,11H,4,6,9H2,1-3H3,(H,15,18)(H,16,17). The Labute approximate surface area is 113 Å². The number of carboxylic acid groups (broad SMARTS) is 1. The molecule has 1 aliphatic carbocycles. The summed E-state index contributed by atoms with van der Waals surface area (Å²) in [4.78, 5) is 22.7. The van der Waals surface area contributed by atoms with Crippen molar-refractivity contribution in [3.05, 3.63) is 23.8 Å². The number of nitrogens with one attached hydrogen (secondary N) is 1. The van der Waals surface area contributed by atoms with Crippen LogP contribution in [0.3, 0.4) is 0 Å². The zero-order chi connectivity index (χ0) is 14.5. The fourth-order valence-corrected chi connectivity index (χ4v) is 1.70. The first kappa shape index (κ1) is 15.3. The Kier molecular flexibility index (Phi) is 5.15. The van der Waals surface area contributed by atoms with E-state index < -0.39 is 23.7 Å². The van der Waals surface area contributed by atoms with Gasteiger partial charge in [0.15, 0.2) is 0 Å². The quantitative estimate of drug-likeness (QED) is 0.821. The fraction of sp³-hybridized carbons (Fsp3) is 0.571. The van der Waals surface area contributed by atoms with E-state index in [1.165, 1.54) is 0 Å². The lowest BCUT2D eigenvalue weighted by Crippen LogP contribution is -2.43. The first-order valence-electron chi connectivity index (χ1n) is 6.36. The largest absolute Gasteiger partial charge is 0.480 e. The number of aliphatic carboxylic acids is 1. The van der Waals surface area contributed by atoms with Crippen LogP contribution in [0.25, 0.3) is 0 Å². The van der Waals surface area contributed by atoms with Crippen molar-refractivity contribution < 1.29 is 19.4 Å². The molecule has 0 aromatic carbocycles. The van der Waals surface area contributed by atoms with Crippen molar-refractivity contribution in [2.75, 3.05) is 0 Å². The Morgan fingerprint density at radius 1 is 1.42 bits per heavy atom. The number of carbonyl (C=O) groups excluding carboxylic acids is 1. The van der Waals surface area contributed by atoms with Gasteiger partial charge in [-0.15, -0.1) is 0 Å². The minimum atomic E-state index is -1.06. The van der Waals surface area contributed by atoms with Gasteiger partial charge in [-0.3, -0.25) is 0 Å². The molecule has 0 fully saturated rings. The Morgan fingerprint density at radius 3 is 2.58 bits per heavy atom. The molecule has 19 heavy (non-hydrogen) atoms.